The van der Waals surface area contributed by atoms with E-state index in [4.69, 9.17) is 0 Å². The predicted molar refractivity (Wildman–Crippen MR) is 61.5 cm³/mol. The van der Waals surface area contributed by atoms with Crippen LogP contribution in [0, 0.1) is 5.92 Å². The second kappa shape index (κ2) is 7.98. The molecule has 0 aliphatic rings. The van der Waals surface area contributed by atoms with E-state index in [2.05, 4.69) is 25.7 Å². The van der Waals surface area contributed by atoms with Crippen LogP contribution in [0.25, 0.3) is 0 Å². The highest BCUT2D eigenvalue weighted by molar-refractivity contribution is 5.82. The van der Waals surface area contributed by atoms with E-state index in [0.717, 1.165) is 32.4 Å². The third kappa shape index (κ3) is 5.38. The van der Waals surface area contributed by atoms with Crippen molar-refractivity contribution >= 4 is 5.78 Å². The molecule has 1 atom stereocenters. The average molecular weight is 199 g/mol. The molecule has 14 heavy (non-hydrogen) atoms. The number of Topliss-reactive ketones (excluding diaryl/α,β-unsaturated/α-hetero) is 1. The van der Waals surface area contributed by atoms with Gasteiger partial charge in [0.15, 0.2) is 0 Å². The molecule has 0 N–H and O–H groups in total. The van der Waals surface area contributed by atoms with Crippen LogP contribution in [0.5, 0.6) is 0 Å². The Morgan fingerprint density at radius 3 is 2.00 bits per heavy atom. The minimum Gasteiger partial charge on any atom is -0.298 e. The smallest absolute Gasteiger partial charge is 0.149 e. The number of rotatable bonds is 8. The Bertz CT molecular complexity index is 150. The van der Waals surface area contributed by atoms with E-state index in [9.17, 15) is 4.79 Å². The van der Waals surface area contributed by atoms with Gasteiger partial charge in [0.2, 0.25) is 0 Å². The molecule has 0 amide bonds. The van der Waals surface area contributed by atoms with Crippen molar-refractivity contribution in [1.29, 1.82) is 0 Å². The summed E-state index contributed by atoms with van der Waals surface area (Å²) in [5.74, 6) is 0.626. The van der Waals surface area contributed by atoms with Gasteiger partial charge in [-0.3, -0.25) is 9.69 Å². The van der Waals surface area contributed by atoms with Crippen molar-refractivity contribution in [1.82, 2.24) is 4.90 Å². The molecule has 0 aliphatic heterocycles. The van der Waals surface area contributed by atoms with E-state index in [0.29, 0.717) is 12.3 Å². The van der Waals surface area contributed by atoms with Gasteiger partial charge < -0.3 is 0 Å². The monoisotopic (exact) mass is 199 g/mol. The lowest BCUT2D eigenvalue weighted by Crippen LogP contribution is -2.33. The first kappa shape index (κ1) is 13.6. The molecule has 0 rings (SSSR count). The van der Waals surface area contributed by atoms with Gasteiger partial charge in [-0.1, -0.05) is 27.7 Å². The standard InChI is InChI=1S/C12H25NO/c1-5-8-13(9-6-2)10-12(14)11(4)7-3/h11H,5-10H2,1-4H3. The van der Waals surface area contributed by atoms with Crippen molar-refractivity contribution in [2.45, 2.75) is 47.0 Å². The average Bonchev–Trinajstić information content (AvgIpc) is 2.17. The zero-order valence-electron chi connectivity index (χ0n) is 10.2. The van der Waals surface area contributed by atoms with Crippen LogP contribution in [-0.2, 0) is 4.79 Å². The fraction of sp³-hybridized carbons (Fsp3) is 0.917. The number of nitrogens with zero attached hydrogens (tertiary/aromatic N) is 1. The maximum absolute atomic E-state index is 11.7. The Morgan fingerprint density at radius 1 is 1.14 bits per heavy atom. The van der Waals surface area contributed by atoms with Gasteiger partial charge in [0.25, 0.3) is 0 Å². The minimum absolute atomic E-state index is 0.228. The van der Waals surface area contributed by atoms with Crippen LogP contribution in [0.4, 0.5) is 0 Å². The molecule has 0 aromatic heterocycles. The predicted octanol–water partition coefficient (Wildman–Crippen LogP) is 2.72. The first-order chi connectivity index (χ1) is 6.65. The highest BCUT2D eigenvalue weighted by atomic mass is 16.1. The molecule has 84 valence electrons. The lowest BCUT2D eigenvalue weighted by Gasteiger charge is -2.21. The largest absolute Gasteiger partial charge is 0.298 e. The molecule has 0 spiro atoms. The second-order valence-corrected chi connectivity index (χ2v) is 4.05. The van der Waals surface area contributed by atoms with Gasteiger partial charge in [-0.25, -0.2) is 0 Å². The Balaban J connectivity index is 3.94. The van der Waals surface area contributed by atoms with Gasteiger partial charge in [0, 0.05) is 5.92 Å². The summed E-state index contributed by atoms with van der Waals surface area (Å²) in [7, 11) is 0. The SMILES string of the molecule is CCCN(CCC)CC(=O)C(C)CC. The zero-order valence-corrected chi connectivity index (χ0v) is 10.2. The van der Waals surface area contributed by atoms with Crippen LogP contribution >= 0.6 is 0 Å². The van der Waals surface area contributed by atoms with Crippen molar-refractivity contribution in [2.75, 3.05) is 19.6 Å². The molecule has 0 heterocycles. The van der Waals surface area contributed by atoms with E-state index in [-0.39, 0.29) is 5.92 Å². The molecule has 2 nitrogen and oxygen atoms in total. The summed E-state index contributed by atoms with van der Waals surface area (Å²) in [4.78, 5) is 14.0. The molecule has 2 heteroatoms. The van der Waals surface area contributed by atoms with E-state index in [1.165, 1.54) is 0 Å². The summed E-state index contributed by atoms with van der Waals surface area (Å²) in [6.45, 7) is 11.2. The minimum atomic E-state index is 0.228. The van der Waals surface area contributed by atoms with Crippen LogP contribution in [-0.4, -0.2) is 30.3 Å². The fourth-order valence-electron chi connectivity index (χ4n) is 1.51. The number of hydrogen-bond acceptors (Lipinski definition) is 2. The van der Waals surface area contributed by atoms with Crippen molar-refractivity contribution in [3.8, 4) is 0 Å². The van der Waals surface area contributed by atoms with Gasteiger partial charge in [-0.05, 0) is 32.4 Å². The summed E-state index contributed by atoms with van der Waals surface area (Å²) in [5, 5.41) is 0. The molecule has 0 radical (unpaired) electrons. The van der Waals surface area contributed by atoms with Crippen molar-refractivity contribution in [2.24, 2.45) is 5.92 Å². The van der Waals surface area contributed by atoms with Gasteiger partial charge >= 0.3 is 0 Å². The van der Waals surface area contributed by atoms with E-state index in [1.54, 1.807) is 0 Å². The van der Waals surface area contributed by atoms with Crippen LogP contribution < -0.4 is 0 Å². The normalized spacial score (nSPS) is 13.2. The molecular weight excluding hydrogens is 174 g/mol. The van der Waals surface area contributed by atoms with Crippen molar-refractivity contribution in [3.63, 3.8) is 0 Å². The van der Waals surface area contributed by atoms with Crippen LogP contribution in [0.15, 0.2) is 0 Å². The van der Waals surface area contributed by atoms with Crippen LogP contribution in [0.1, 0.15) is 47.0 Å². The maximum atomic E-state index is 11.7. The number of hydrogen-bond donors (Lipinski definition) is 0. The zero-order chi connectivity index (χ0) is 11.0. The molecule has 0 aliphatic carbocycles. The van der Waals surface area contributed by atoms with Crippen LogP contribution in [0.3, 0.4) is 0 Å². The number of carbonyl (C=O) groups is 1. The Labute approximate surface area is 88.7 Å². The topological polar surface area (TPSA) is 20.3 Å². The molecular formula is C12H25NO. The molecule has 0 bridgehead atoms. The van der Waals surface area contributed by atoms with Crippen molar-refractivity contribution in [3.05, 3.63) is 0 Å². The van der Waals surface area contributed by atoms with E-state index in [1.807, 2.05) is 6.92 Å². The highest BCUT2D eigenvalue weighted by Gasteiger charge is 2.14. The molecule has 0 saturated carbocycles. The first-order valence-electron chi connectivity index (χ1n) is 5.90. The molecule has 1 unspecified atom stereocenters. The van der Waals surface area contributed by atoms with Gasteiger partial charge in [0.05, 0.1) is 6.54 Å². The Kier molecular flexibility index (Phi) is 7.77. The number of ketones is 1. The Hall–Kier alpha value is -0.370. The third-order valence-corrected chi connectivity index (χ3v) is 2.62. The van der Waals surface area contributed by atoms with Crippen molar-refractivity contribution < 1.29 is 4.79 Å². The lowest BCUT2D eigenvalue weighted by atomic mass is 10.0. The number of carbonyl (C=O) groups excluding carboxylic acids is 1. The molecule has 0 saturated heterocycles. The summed E-state index contributed by atoms with van der Waals surface area (Å²) in [6.07, 6.45) is 3.23. The first-order valence-corrected chi connectivity index (χ1v) is 5.90. The molecule has 0 aromatic rings. The summed E-state index contributed by atoms with van der Waals surface area (Å²) < 4.78 is 0. The van der Waals surface area contributed by atoms with E-state index < -0.39 is 0 Å². The molecule has 0 aromatic carbocycles. The van der Waals surface area contributed by atoms with Gasteiger partial charge in [-0.2, -0.15) is 0 Å². The van der Waals surface area contributed by atoms with Gasteiger partial charge in [-0.15, -0.1) is 0 Å². The Morgan fingerprint density at radius 2 is 1.64 bits per heavy atom. The van der Waals surface area contributed by atoms with Crippen LogP contribution in [0.2, 0.25) is 0 Å². The van der Waals surface area contributed by atoms with Gasteiger partial charge in [0.1, 0.15) is 5.78 Å². The second-order valence-electron chi connectivity index (χ2n) is 4.05. The fourth-order valence-corrected chi connectivity index (χ4v) is 1.51. The summed E-state index contributed by atoms with van der Waals surface area (Å²) in [5.41, 5.74) is 0. The van der Waals surface area contributed by atoms with E-state index >= 15 is 0 Å². The highest BCUT2D eigenvalue weighted by Crippen LogP contribution is 2.04. The quantitative estimate of drug-likeness (QED) is 0.599. The summed E-state index contributed by atoms with van der Waals surface area (Å²) >= 11 is 0. The summed E-state index contributed by atoms with van der Waals surface area (Å²) in [6, 6.07) is 0. The lowest BCUT2D eigenvalue weighted by molar-refractivity contribution is -0.123. The maximum Gasteiger partial charge on any atom is 0.149 e. The third-order valence-electron chi connectivity index (χ3n) is 2.62. The molecule has 0 fully saturated rings.